The molecule has 16 heavy (non-hydrogen) atoms. The Morgan fingerprint density at radius 1 is 1.12 bits per heavy atom. The lowest BCUT2D eigenvalue weighted by molar-refractivity contribution is 0.395. The van der Waals surface area contributed by atoms with Crippen LogP contribution in [0.3, 0.4) is 0 Å². The fraction of sp³-hybridized carbons (Fsp3) is 0.667. The number of rotatable bonds is 6. The SMILES string of the molecule is Cc1c(N(C)CCCCN(C)C)c(=S)c1=O. The van der Waals surface area contributed by atoms with Gasteiger partial charge in [-0.3, -0.25) is 4.79 Å². The molecule has 0 heterocycles. The quantitative estimate of drug-likeness (QED) is 0.558. The monoisotopic (exact) mass is 240 g/mol. The molecule has 1 aromatic rings. The minimum absolute atomic E-state index is 0.0464. The summed E-state index contributed by atoms with van der Waals surface area (Å²) < 4.78 is 0.507. The lowest BCUT2D eigenvalue weighted by atomic mass is 10.1. The van der Waals surface area contributed by atoms with E-state index in [0.717, 1.165) is 30.8 Å². The minimum Gasteiger partial charge on any atom is -0.373 e. The highest BCUT2D eigenvalue weighted by Crippen LogP contribution is 2.20. The Morgan fingerprint density at radius 2 is 1.69 bits per heavy atom. The van der Waals surface area contributed by atoms with Gasteiger partial charge in [0.15, 0.2) is 0 Å². The van der Waals surface area contributed by atoms with Crippen LogP contribution in [0.1, 0.15) is 18.4 Å². The summed E-state index contributed by atoms with van der Waals surface area (Å²) in [5, 5.41) is 0. The Morgan fingerprint density at radius 3 is 2.19 bits per heavy atom. The van der Waals surface area contributed by atoms with Crippen LogP contribution in [-0.4, -0.2) is 39.1 Å². The summed E-state index contributed by atoms with van der Waals surface area (Å²) in [6.45, 7) is 3.92. The van der Waals surface area contributed by atoms with Crippen molar-refractivity contribution in [2.24, 2.45) is 0 Å². The van der Waals surface area contributed by atoms with E-state index in [1.807, 2.05) is 14.0 Å². The van der Waals surface area contributed by atoms with Gasteiger partial charge in [-0.25, -0.2) is 0 Å². The Hall–Kier alpha value is -0.740. The number of hydrogen-bond donors (Lipinski definition) is 0. The molecule has 0 atom stereocenters. The third-order valence-electron chi connectivity index (χ3n) is 2.85. The summed E-state index contributed by atoms with van der Waals surface area (Å²) in [5.41, 5.74) is 1.84. The van der Waals surface area contributed by atoms with Gasteiger partial charge in [0.1, 0.15) is 4.51 Å². The van der Waals surface area contributed by atoms with Crippen molar-refractivity contribution in [3.63, 3.8) is 0 Å². The van der Waals surface area contributed by atoms with Gasteiger partial charge in [-0.15, -0.1) is 0 Å². The van der Waals surface area contributed by atoms with E-state index >= 15 is 0 Å². The molecule has 0 aromatic heterocycles. The lowest BCUT2D eigenvalue weighted by Crippen LogP contribution is -2.28. The number of hydrogen-bond acceptors (Lipinski definition) is 4. The van der Waals surface area contributed by atoms with E-state index in [0.29, 0.717) is 4.51 Å². The van der Waals surface area contributed by atoms with Gasteiger partial charge in [0.05, 0.1) is 5.69 Å². The molecule has 1 aromatic carbocycles. The van der Waals surface area contributed by atoms with Crippen molar-refractivity contribution in [2.75, 3.05) is 39.1 Å². The smallest absolute Gasteiger partial charge is 0.203 e. The zero-order valence-electron chi connectivity index (χ0n) is 10.5. The summed E-state index contributed by atoms with van der Waals surface area (Å²) in [6, 6.07) is 0. The molecule has 3 nitrogen and oxygen atoms in total. The van der Waals surface area contributed by atoms with Crippen LogP contribution in [0.2, 0.25) is 0 Å². The molecule has 0 saturated carbocycles. The van der Waals surface area contributed by atoms with Crippen LogP contribution in [0.5, 0.6) is 0 Å². The fourth-order valence-electron chi connectivity index (χ4n) is 1.84. The molecular formula is C12H20N2OS. The molecule has 0 aliphatic heterocycles. The van der Waals surface area contributed by atoms with E-state index in [-0.39, 0.29) is 5.43 Å². The molecule has 0 aliphatic carbocycles. The first kappa shape index (κ1) is 13.3. The highest BCUT2D eigenvalue weighted by molar-refractivity contribution is 7.71. The first-order chi connectivity index (χ1) is 7.45. The summed E-state index contributed by atoms with van der Waals surface area (Å²) >= 11 is 5.04. The molecule has 0 radical (unpaired) electrons. The van der Waals surface area contributed by atoms with Gasteiger partial charge in [-0.05, 0) is 40.4 Å². The van der Waals surface area contributed by atoms with Gasteiger partial charge < -0.3 is 9.80 Å². The molecule has 1 rings (SSSR count). The highest BCUT2D eigenvalue weighted by Gasteiger charge is 2.16. The average Bonchev–Trinajstić information content (AvgIpc) is 2.24. The van der Waals surface area contributed by atoms with E-state index in [1.165, 1.54) is 6.42 Å². The van der Waals surface area contributed by atoms with Gasteiger partial charge in [0.2, 0.25) is 5.43 Å². The summed E-state index contributed by atoms with van der Waals surface area (Å²) in [5.74, 6) is 0. The second kappa shape index (κ2) is 5.55. The first-order valence-electron chi connectivity index (χ1n) is 5.61. The molecular weight excluding hydrogens is 220 g/mol. The molecule has 0 unspecified atom stereocenters. The van der Waals surface area contributed by atoms with Gasteiger partial charge in [0, 0.05) is 19.2 Å². The average molecular weight is 240 g/mol. The zero-order valence-corrected chi connectivity index (χ0v) is 11.4. The van der Waals surface area contributed by atoms with Crippen LogP contribution >= 0.6 is 12.2 Å². The predicted octanol–water partition coefficient (Wildman–Crippen LogP) is 1.74. The third-order valence-corrected chi connectivity index (χ3v) is 3.23. The van der Waals surface area contributed by atoms with Gasteiger partial charge in [-0.2, -0.15) is 0 Å². The van der Waals surface area contributed by atoms with E-state index in [2.05, 4.69) is 23.9 Å². The van der Waals surface area contributed by atoms with Gasteiger partial charge in [0.25, 0.3) is 0 Å². The molecule has 0 aliphatic rings. The summed E-state index contributed by atoms with van der Waals surface area (Å²) in [6.07, 6.45) is 2.30. The van der Waals surface area contributed by atoms with Crippen LogP contribution in [-0.2, 0) is 0 Å². The molecule has 0 fully saturated rings. The second-order valence-corrected chi connectivity index (χ2v) is 4.97. The number of unbranched alkanes of at least 4 members (excludes halogenated alkanes) is 1. The standard InChI is InChI=1S/C12H20N2OS/c1-9-10(12(16)11(9)15)14(4)8-6-5-7-13(2)3/h5-8H2,1-4H3. The summed E-state index contributed by atoms with van der Waals surface area (Å²) in [4.78, 5) is 15.6. The Bertz CT molecular complexity index is 419. The van der Waals surface area contributed by atoms with Crippen molar-refractivity contribution in [3.05, 3.63) is 20.3 Å². The van der Waals surface area contributed by atoms with Crippen molar-refractivity contribution in [3.8, 4) is 0 Å². The second-order valence-electron chi connectivity index (χ2n) is 4.56. The van der Waals surface area contributed by atoms with Crippen LogP contribution in [0.4, 0.5) is 5.69 Å². The molecule has 4 heteroatoms. The number of anilines is 1. The Balaban J connectivity index is 2.40. The lowest BCUT2D eigenvalue weighted by Gasteiger charge is -2.23. The minimum atomic E-state index is 0.0464. The van der Waals surface area contributed by atoms with Crippen molar-refractivity contribution < 1.29 is 0 Å². The largest absolute Gasteiger partial charge is 0.373 e. The molecule has 0 saturated heterocycles. The van der Waals surface area contributed by atoms with Crippen LogP contribution in [0.15, 0.2) is 4.79 Å². The molecule has 0 amide bonds. The van der Waals surface area contributed by atoms with Crippen LogP contribution < -0.4 is 10.3 Å². The molecule has 0 bridgehead atoms. The summed E-state index contributed by atoms with van der Waals surface area (Å²) in [7, 11) is 6.17. The third kappa shape index (κ3) is 2.89. The first-order valence-corrected chi connectivity index (χ1v) is 6.01. The maximum absolute atomic E-state index is 11.3. The van der Waals surface area contributed by atoms with Crippen molar-refractivity contribution in [2.45, 2.75) is 19.8 Å². The van der Waals surface area contributed by atoms with E-state index in [4.69, 9.17) is 12.2 Å². The maximum Gasteiger partial charge on any atom is 0.203 e. The zero-order chi connectivity index (χ0) is 12.3. The predicted molar refractivity (Wildman–Crippen MR) is 71.7 cm³/mol. The molecule has 0 spiro atoms. The normalized spacial score (nSPS) is 11.3. The van der Waals surface area contributed by atoms with Crippen LogP contribution in [0, 0.1) is 11.4 Å². The fourth-order valence-corrected chi connectivity index (χ4v) is 2.30. The van der Waals surface area contributed by atoms with Crippen molar-refractivity contribution >= 4 is 17.9 Å². The topological polar surface area (TPSA) is 23.6 Å². The van der Waals surface area contributed by atoms with Crippen LogP contribution in [0.25, 0.3) is 0 Å². The maximum atomic E-state index is 11.3. The molecule has 0 N–H and O–H groups in total. The van der Waals surface area contributed by atoms with Crippen molar-refractivity contribution in [1.29, 1.82) is 0 Å². The van der Waals surface area contributed by atoms with E-state index < -0.39 is 0 Å². The van der Waals surface area contributed by atoms with Gasteiger partial charge >= 0.3 is 0 Å². The Labute approximate surface area is 102 Å². The van der Waals surface area contributed by atoms with Crippen molar-refractivity contribution in [1.82, 2.24) is 4.90 Å². The molecule has 90 valence electrons. The Kier molecular flexibility index (Phi) is 4.62. The van der Waals surface area contributed by atoms with E-state index in [1.54, 1.807) is 0 Å². The van der Waals surface area contributed by atoms with E-state index in [9.17, 15) is 4.79 Å². The van der Waals surface area contributed by atoms with Gasteiger partial charge in [-0.1, -0.05) is 12.2 Å². The number of nitrogens with zero attached hydrogens (tertiary/aromatic N) is 2. The highest BCUT2D eigenvalue weighted by atomic mass is 32.1.